The van der Waals surface area contributed by atoms with Crippen LogP contribution in [0.2, 0.25) is 0 Å². The van der Waals surface area contributed by atoms with E-state index >= 15 is 0 Å². The Morgan fingerprint density at radius 3 is 2.58 bits per heavy atom. The molecule has 0 radical (unpaired) electrons. The fourth-order valence-corrected chi connectivity index (χ4v) is 6.26. The van der Waals surface area contributed by atoms with Gasteiger partial charge in [-0.25, -0.2) is 9.18 Å². The van der Waals surface area contributed by atoms with Crippen LogP contribution in [-0.2, 0) is 26.4 Å². The Morgan fingerprint density at radius 1 is 1.18 bits per heavy atom. The van der Waals surface area contributed by atoms with Gasteiger partial charge in [0.25, 0.3) is 5.56 Å². The maximum absolute atomic E-state index is 14.4. The molecule has 3 aromatic heterocycles. The van der Waals surface area contributed by atoms with Crippen molar-refractivity contribution in [2.24, 2.45) is 0 Å². The minimum Gasteiger partial charge on any atom is -0.496 e. The van der Waals surface area contributed by atoms with E-state index in [0.29, 0.717) is 32.1 Å². The standard InChI is InChI=1S/C26H29FN6O6S/c1-15-21-22(35)32(26(2)12-20(34)28-14-26)25(36)31(24(21)40-23(15)33-29-7-8-30-33)13-19(39-10-9-37-3)17-11-16(27)5-6-18(17)38-4/h5-8,11,19H,9-10,12-14H2,1-4H3,(H,28,34). The lowest BCUT2D eigenvalue weighted by Gasteiger charge is -2.27. The molecule has 14 heteroatoms. The van der Waals surface area contributed by atoms with E-state index < -0.39 is 28.7 Å². The minimum absolute atomic E-state index is 0.0319. The third kappa shape index (κ3) is 4.82. The van der Waals surface area contributed by atoms with E-state index in [0.717, 1.165) is 4.57 Å². The highest BCUT2D eigenvalue weighted by atomic mass is 32.1. The second-order valence-electron chi connectivity index (χ2n) is 9.75. The van der Waals surface area contributed by atoms with E-state index in [1.807, 2.05) is 0 Å². The number of nitrogens with one attached hydrogen (secondary N) is 1. The average Bonchev–Trinajstić information content (AvgIpc) is 3.65. The van der Waals surface area contributed by atoms with Crippen molar-refractivity contribution in [2.45, 2.75) is 38.5 Å². The third-order valence-electron chi connectivity index (χ3n) is 7.03. The number of carbonyl (C=O) groups excluding carboxylic acids is 1. The predicted octanol–water partition coefficient (Wildman–Crippen LogP) is 1.90. The van der Waals surface area contributed by atoms with Crippen molar-refractivity contribution in [1.82, 2.24) is 29.4 Å². The fourth-order valence-electron chi connectivity index (χ4n) is 5.04. The average molecular weight is 573 g/mol. The number of methoxy groups -OCH3 is 2. The summed E-state index contributed by atoms with van der Waals surface area (Å²) in [5.74, 6) is -0.377. The maximum atomic E-state index is 14.4. The van der Waals surface area contributed by atoms with Gasteiger partial charge in [-0.3, -0.25) is 18.7 Å². The minimum atomic E-state index is -1.09. The summed E-state index contributed by atoms with van der Waals surface area (Å²) >= 11 is 1.19. The number of aryl methyl sites for hydroxylation is 1. The number of thiophene rings is 1. The van der Waals surface area contributed by atoms with Crippen LogP contribution in [0.5, 0.6) is 5.75 Å². The van der Waals surface area contributed by atoms with Gasteiger partial charge in [0.1, 0.15) is 27.5 Å². The molecule has 0 bridgehead atoms. The Hall–Kier alpha value is -3.88. The van der Waals surface area contributed by atoms with Crippen molar-refractivity contribution in [1.29, 1.82) is 0 Å². The predicted molar refractivity (Wildman–Crippen MR) is 145 cm³/mol. The molecule has 2 atom stereocenters. The topological polar surface area (TPSA) is 132 Å². The van der Waals surface area contributed by atoms with Gasteiger partial charge in [0, 0.05) is 24.8 Å². The molecular formula is C26H29FN6O6S. The SMILES string of the molecule is COCCOC(Cn1c(=O)n(C2(C)CNC(=O)C2)c(=O)c2c(C)c(-n3nccn3)sc21)c1cc(F)ccc1OC. The van der Waals surface area contributed by atoms with Crippen LogP contribution >= 0.6 is 11.3 Å². The molecule has 1 aromatic carbocycles. The molecule has 212 valence electrons. The molecule has 4 aromatic rings. The first-order chi connectivity index (χ1) is 19.2. The van der Waals surface area contributed by atoms with Gasteiger partial charge in [0.2, 0.25) is 5.91 Å². The number of benzene rings is 1. The molecule has 1 amide bonds. The second-order valence-corrected chi connectivity index (χ2v) is 10.7. The molecule has 12 nitrogen and oxygen atoms in total. The number of fused-ring (bicyclic) bond motifs is 1. The summed E-state index contributed by atoms with van der Waals surface area (Å²) < 4.78 is 33.7. The Labute approximate surface area is 231 Å². The summed E-state index contributed by atoms with van der Waals surface area (Å²) in [4.78, 5) is 42.1. The molecular weight excluding hydrogens is 543 g/mol. The van der Waals surface area contributed by atoms with E-state index in [-0.39, 0.29) is 38.6 Å². The van der Waals surface area contributed by atoms with Crippen molar-refractivity contribution in [2.75, 3.05) is 34.0 Å². The second kappa shape index (κ2) is 10.9. The number of aromatic nitrogens is 5. The van der Waals surface area contributed by atoms with Crippen molar-refractivity contribution in [3.63, 3.8) is 0 Å². The lowest BCUT2D eigenvalue weighted by atomic mass is 10.0. The van der Waals surface area contributed by atoms with E-state index in [1.165, 1.54) is 65.5 Å². The highest BCUT2D eigenvalue weighted by Gasteiger charge is 2.40. The summed E-state index contributed by atoms with van der Waals surface area (Å²) in [5.41, 5.74) is -1.24. The maximum Gasteiger partial charge on any atom is 0.332 e. The van der Waals surface area contributed by atoms with Gasteiger partial charge < -0.3 is 19.5 Å². The summed E-state index contributed by atoms with van der Waals surface area (Å²) in [6.07, 6.45) is 2.15. The first kappa shape index (κ1) is 27.7. The molecule has 2 unspecified atom stereocenters. The highest BCUT2D eigenvalue weighted by molar-refractivity contribution is 7.21. The first-order valence-corrected chi connectivity index (χ1v) is 13.4. The number of nitrogens with zero attached hydrogens (tertiary/aromatic N) is 5. The lowest BCUT2D eigenvalue weighted by Crippen LogP contribution is -2.51. The zero-order chi connectivity index (χ0) is 28.6. The van der Waals surface area contributed by atoms with Crippen LogP contribution in [-0.4, -0.2) is 64.0 Å². The fraction of sp³-hybridized carbons (Fsp3) is 0.423. The van der Waals surface area contributed by atoms with Gasteiger partial charge in [-0.2, -0.15) is 10.2 Å². The van der Waals surface area contributed by atoms with Gasteiger partial charge in [-0.05, 0) is 32.0 Å². The molecule has 40 heavy (non-hydrogen) atoms. The molecule has 0 saturated carbocycles. The summed E-state index contributed by atoms with van der Waals surface area (Å²) in [7, 11) is 2.99. The van der Waals surface area contributed by atoms with Crippen LogP contribution in [0.25, 0.3) is 15.2 Å². The number of carbonyl (C=O) groups is 1. The number of ether oxygens (including phenoxy) is 3. The Kier molecular flexibility index (Phi) is 7.57. The Bertz CT molecular complexity index is 1680. The van der Waals surface area contributed by atoms with Gasteiger partial charge in [-0.1, -0.05) is 11.3 Å². The molecule has 5 rings (SSSR count). The van der Waals surface area contributed by atoms with Gasteiger partial charge in [0.05, 0.1) is 56.6 Å². The molecule has 1 aliphatic heterocycles. The van der Waals surface area contributed by atoms with E-state index in [4.69, 9.17) is 14.2 Å². The molecule has 1 N–H and O–H groups in total. The van der Waals surface area contributed by atoms with Crippen molar-refractivity contribution in [3.05, 3.63) is 68.4 Å². The van der Waals surface area contributed by atoms with Crippen molar-refractivity contribution in [3.8, 4) is 10.8 Å². The number of halogens is 1. The zero-order valence-corrected chi connectivity index (χ0v) is 23.3. The molecule has 0 spiro atoms. The largest absolute Gasteiger partial charge is 0.496 e. The van der Waals surface area contributed by atoms with Gasteiger partial charge >= 0.3 is 5.69 Å². The summed E-state index contributed by atoms with van der Waals surface area (Å²) in [5, 5.41) is 12.0. The lowest BCUT2D eigenvalue weighted by molar-refractivity contribution is -0.119. The smallest absolute Gasteiger partial charge is 0.332 e. The molecule has 0 aliphatic carbocycles. The molecule has 1 aliphatic rings. The first-order valence-electron chi connectivity index (χ1n) is 12.6. The highest BCUT2D eigenvalue weighted by Crippen LogP contribution is 2.34. The molecule has 4 heterocycles. The summed E-state index contributed by atoms with van der Waals surface area (Å²) in [6, 6.07) is 4.06. The van der Waals surface area contributed by atoms with E-state index in [9.17, 15) is 18.8 Å². The van der Waals surface area contributed by atoms with Gasteiger partial charge in [0.15, 0.2) is 0 Å². The number of rotatable bonds is 10. The zero-order valence-electron chi connectivity index (χ0n) is 22.5. The monoisotopic (exact) mass is 572 g/mol. The van der Waals surface area contributed by atoms with E-state index in [1.54, 1.807) is 13.8 Å². The Morgan fingerprint density at radius 2 is 1.93 bits per heavy atom. The number of hydrogen-bond donors (Lipinski definition) is 1. The third-order valence-corrected chi connectivity index (χ3v) is 8.31. The summed E-state index contributed by atoms with van der Waals surface area (Å²) in [6.45, 7) is 3.92. The number of amides is 1. The number of hydrogen-bond acceptors (Lipinski definition) is 9. The van der Waals surface area contributed by atoms with Crippen LogP contribution in [0, 0.1) is 12.7 Å². The Balaban J connectivity index is 1.76. The molecule has 1 saturated heterocycles. The van der Waals surface area contributed by atoms with Crippen LogP contribution in [0.4, 0.5) is 4.39 Å². The normalized spacial score (nSPS) is 17.9. The van der Waals surface area contributed by atoms with Crippen LogP contribution in [0.15, 0.2) is 40.2 Å². The molecule has 1 fully saturated rings. The quantitative estimate of drug-likeness (QED) is 0.285. The van der Waals surface area contributed by atoms with Crippen LogP contribution in [0.3, 0.4) is 0 Å². The van der Waals surface area contributed by atoms with Crippen LogP contribution < -0.4 is 21.3 Å². The van der Waals surface area contributed by atoms with Gasteiger partial charge in [-0.15, -0.1) is 4.80 Å². The van der Waals surface area contributed by atoms with Crippen LogP contribution in [0.1, 0.15) is 30.6 Å². The van der Waals surface area contributed by atoms with Crippen molar-refractivity contribution < 1.29 is 23.4 Å². The van der Waals surface area contributed by atoms with E-state index in [2.05, 4.69) is 15.5 Å². The van der Waals surface area contributed by atoms with Crippen molar-refractivity contribution >= 4 is 27.5 Å².